The first kappa shape index (κ1) is 23.3. The second-order valence-corrected chi connectivity index (χ2v) is 9.97. The quantitative estimate of drug-likeness (QED) is 0.223. The molecule has 3 nitrogen and oxygen atoms in total. The van der Waals surface area contributed by atoms with Crippen molar-refractivity contribution in [3.05, 3.63) is 143 Å². The van der Waals surface area contributed by atoms with Crippen molar-refractivity contribution in [2.24, 2.45) is 0 Å². The number of hydrogen-bond donors (Lipinski definition) is 0. The lowest BCUT2D eigenvalue weighted by molar-refractivity contribution is 0.852. The van der Waals surface area contributed by atoms with E-state index in [0.29, 0.717) is 17.5 Å². The van der Waals surface area contributed by atoms with Crippen LogP contribution in [0, 0.1) is 0 Å². The molecule has 0 bridgehead atoms. The van der Waals surface area contributed by atoms with Crippen LogP contribution in [0.5, 0.6) is 0 Å². The van der Waals surface area contributed by atoms with Crippen LogP contribution in [0.2, 0.25) is 0 Å². The minimum Gasteiger partial charge on any atom is -0.209 e. The summed E-state index contributed by atoms with van der Waals surface area (Å²) in [7, 11) is 0. The van der Waals surface area contributed by atoms with Crippen molar-refractivity contribution in [3.63, 3.8) is 0 Å². The van der Waals surface area contributed by atoms with Gasteiger partial charge in [0.25, 0.3) is 0 Å². The van der Waals surface area contributed by atoms with Gasteiger partial charge in [-0.1, -0.05) is 137 Å². The van der Waals surface area contributed by atoms with Gasteiger partial charge >= 0.3 is 0 Å². The highest BCUT2D eigenvalue weighted by molar-refractivity contribution is 9.11. The Labute approximate surface area is 225 Å². The second-order valence-electron chi connectivity index (χ2n) is 9.06. The van der Waals surface area contributed by atoms with Crippen LogP contribution in [0.25, 0.3) is 39.5 Å². The Bertz CT molecular complexity index is 1520. The highest BCUT2D eigenvalue weighted by atomic mass is 79.9. The lowest BCUT2D eigenvalue weighted by Gasteiger charge is -2.21. The predicted molar refractivity (Wildman–Crippen MR) is 155 cm³/mol. The van der Waals surface area contributed by atoms with Crippen LogP contribution in [0.4, 0.5) is 0 Å². The molecule has 37 heavy (non-hydrogen) atoms. The van der Waals surface area contributed by atoms with Gasteiger partial charge in [0.05, 0.1) is 0 Å². The Balaban J connectivity index is 1.36. The number of rotatable bonds is 5. The third kappa shape index (κ3) is 5.20. The molecule has 1 atom stereocenters. The molecular formula is C33H24BrN3. The molecule has 178 valence electrons. The molecule has 6 rings (SSSR count). The van der Waals surface area contributed by atoms with Crippen molar-refractivity contribution in [1.29, 1.82) is 0 Å². The average molecular weight is 542 g/mol. The zero-order valence-electron chi connectivity index (χ0n) is 20.1. The van der Waals surface area contributed by atoms with Gasteiger partial charge in [-0.3, -0.25) is 0 Å². The van der Waals surface area contributed by atoms with Crippen molar-refractivity contribution in [2.45, 2.75) is 12.3 Å². The summed E-state index contributed by atoms with van der Waals surface area (Å²) in [5.74, 6) is 2.29. The zero-order valence-corrected chi connectivity index (χ0v) is 21.7. The Morgan fingerprint density at radius 1 is 0.514 bits per heavy atom. The van der Waals surface area contributed by atoms with Crippen LogP contribution in [-0.4, -0.2) is 15.0 Å². The second kappa shape index (κ2) is 10.5. The van der Waals surface area contributed by atoms with E-state index in [1.807, 2.05) is 66.7 Å². The van der Waals surface area contributed by atoms with Gasteiger partial charge in [0.15, 0.2) is 17.5 Å². The van der Waals surface area contributed by atoms with Gasteiger partial charge in [-0.15, -0.1) is 0 Å². The van der Waals surface area contributed by atoms with Gasteiger partial charge in [-0.05, 0) is 34.8 Å². The first-order valence-electron chi connectivity index (χ1n) is 12.3. The molecule has 0 amide bonds. The van der Waals surface area contributed by atoms with Gasteiger partial charge < -0.3 is 0 Å². The third-order valence-corrected chi connectivity index (χ3v) is 7.04. The lowest BCUT2D eigenvalue weighted by atomic mass is 9.87. The summed E-state index contributed by atoms with van der Waals surface area (Å²) in [6.45, 7) is 0. The molecule has 1 aliphatic carbocycles. The maximum absolute atomic E-state index is 4.93. The van der Waals surface area contributed by atoms with Gasteiger partial charge in [0.2, 0.25) is 0 Å². The zero-order chi connectivity index (χ0) is 25.0. The van der Waals surface area contributed by atoms with Gasteiger partial charge in [0, 0.05) is 21.5 Å². The van der Waals surface area contributed by atoms with E-state index >= 15 is 0 Å². The summed E-state index contributed by atoms with van der Waals surface area (Å²) in [5.41, 5.74) is 6.74. The Morgan fingerprint density at radius 3 is 1.51 bits per heavy atom. The standard InChI is InChI=1S/C33H24BrN3/c34-30-21-28(25-18-16-24(17-19-25)23-10-4-1-5-11-23)20-29(22-30)33-36-31(26-12-6-2-7-13-26)35-32(37-33)27-14-8-3-9-15-27/h1-19,21-22,28H,20H2. The molecular weight excluding hydrogens is 518 g/mol. The number of allylic oxidation sites excluding steroid dienone is 4. The number of benzene rings is 4. The molecule has 0 fully saturated rings. The van der Waals surface area contributed by atoms with Crippen molar-refractivity contribution in [3.8, 4) is 33.9 Å². The molecule has 1 unspecified atom stereocenters. The SMILES string of the molecule is BrC1=CC(c2ccc(-c3ccccc3)cc2)CC(c2nc(-c3ccccc3)nc(-c3ccccc3)n2)=C1. The number of nitrogens with zero attached hydrogens (tertiary/aromatic N) is 3. The molecule has 0 N–H and O–H groups in total. The average Bonchev–Trinajstić information content (AvgIpc) is 2.98. The minimum atomic E-state index is 0.219. The fourth-order valence-electron chi connectivity index (χ4n) is 4.64. The predicted octanol–water partition coefficient (Wildman–Crippen LogP) is 8.72. The van der Waals surface area contributed by atoms with Gasteiger partial charge in [-0.25, -0.2) is 15.0 Å². The van der Waals surface area contributed by atoms with E-state index < -0.39 is 0 Å². The first-order valence-corrected chi connectivity index (χ1v) is 13.1. The van der Waals surface area contributed by atoms with Crippen molar-refractivity contribution < 1.29 is 0 Å². The summed E-state index contributed by atoms with van der Waals surface area (Å²) < 4.78 is 1.04. The summed E-state index contributed by atoms with van der Waals surface area (Å²) in [4.78, 5) is 14.7. The number of halogens is 1. The van der Waals surface area contributed by atoms with Crippen LogP contribution in [-0.2, 0) is 0 Å². The Morgan fingerprint density at radius 2 is 0.973 bits per heavy atom. The van der Waals surface area contributed by atoms with Gasteiger partial charge in [0.1, 0.15) is 0 Å². The highest BCUT2D eigenvalue weighted by Gasteiger charge is 2.21. The van der Waals surface area contributed by atoms with Crippen LogP contribution in [0.3, 0.4) is 0 Å². The molecule has 0 radical (unpaired) electrons. The summed E-state index contributed by atoms with van der Waals surface area (Å²) in [5, 5.41) is 0. The smallest absolute Gasteiger partial charge is 0.164 e. The molecule has 1 heterocycles. The molecule has 1 aromatic heterocycles. The molecule has 0 saturated heterocycles. The molecule has 4 heteroatoms. The lowest BCUT2D eigenvalue weighted by Crippen LogP contribution is -2.07. The van der Waals surface area contributed by atoms with Crippen molar-refractivity contribution in [2.75, 3.05) is 0 Å². The molecule has 4 aromatic carbocycles. The van der Waals surface area contributed by atoms with Crippen LogP contribution in [0.15, 0.2) is 132 Å². The van der Waals surface area contributed by atoms with E-state index in [2.05, 4.69) is 76.6 Å². The summed E-state index contributed by atoms with van der Waals surface area (Å²) >= 11 is 3.76. The Kier molecular flexibility index (Phi) is 6.57. The number of aromatic nitrogens is 3. The normalized spacial score (nSPS) is 15.1. The van der Waals surface area contributed by atoms with Crippen LogP contribution < -0.4 is 0 Å². The molecule has 0 spiro atoms. The summed E-state index contributed by atoms with van der Waals surface area (Å²) in [6, 6.07) is 39.5. The topological polar surface area (TPSA) is 38.7 Å². The van der Waals surface area contributed by atoms with Crippen molar-refractivity contribution in [1.82, 2.24) is 15.0 Å². The van der Waals surface area contributed by atoms with E-state index in [1.54, 1.807) is 0 Å². The first-order chi connectivity index (χ1) is 18.2. The fourth-order valence-corrected chi connectivity index (χ4v) is 5.23. The van der Waals surface area contributed by atoms with Gasteiger partial charge in [-0.2, -0.15) is 0 Å². The monoisotopic (exact) mass is 541 g/mol. The third-order valence-electron chi connectivity index (χ3n) is 6.54. The molecule has 0 saturated carbocycles. The number of hydrogen-bond acceptors (Lipinski definition) is 3. The fraction of sp³-hybridized carbons (Fsp3) is 0.0606. The maximum atomic E-state index is 4.93. The maximum Gasteiger partial charge on any atom is 0.164 e. The van der Waals surface area contributed by atoms with Crippen molar-refractivity contribution >= 4 is 21.5 Å². The van der Waals surface area contributed by atoms with Crippen LogP contribution >= 0.6 is 15.9 Å². The minimum absolute atomic E-state index is 0.219. The van der Waals surface area contributed by atoms with E-state index in [9.17, 15) is 0 Å². The highest BCUT2D eigenvalue weighted by Crippen LogP contribution is 2.38. The largest absolute Gasteiger partial charge is 0.209 e. The van der Waals surface area contributed by atoms with E-state index in [-0.39, 0.29) is 5.92 Å². The molecule has 5 aromatic rings. The summed E-state index contributed by atoms with van der Waals surface area (Å²) in [6.07, 6.45) is 5.21. The Hall–Kier alpha value is -4.15. The van der Waals surface area contributed by atoms with E-state index in [0.717, 1.165) is 27.6 Å². The van der Waals surface area contributed by atoms with E-state index in [4.69, 9.17) is 15.0 Å². The molecule has 0 aliphatic heterocycles. The molecule has 1 aliphatic rings. The van der Waals surface area contributed by atoms with Crippen LogP contribution in [0.1, 0.15) is 23.7 Å². The van der Waals surface area contributed by atoms with E-state index in [1.165, 1.54) is 16.7 Å².